The number of nitrogens with one attached hydrogen (secondary N) is 2. The third-order valence-corrected chi connectivity index (χ3v) is 2.01. The van der Waals surface area contributed by atoms with E-state index >= 15 is 0 Å². The Labute approximate surface area is 70.8 Å². The Balaban J connectivity index is 2.45. The second-order valence-electron chi connectivity index (χ2n) is 2.91. The zero-order valence-electron chi connectivity index (χ0n) is 6.80. The molecule has 2 N–H and O–H groups in total. The molecule has 66 valence electrons. The van der Waals surface area contributed by atoms with Crippen LogP contribution >= 0.6 is 0 Å². The number of carbonyl (C=O) groups excluding carboxylic acids is 2. The van der Waals surface area contributed by atoms with Crippen LogP contribution in [0.25, 0.3) is 0 Å². The summed E-state index contributed by atoms with van der Waals surface area (Å²) in [5, 5.41) is 9.42. The molecule has 4 heteroatoms. The van der Waals surface area contributed by atoms with Crippen molar-refractivity contribution in [1.29, 1.82) is 5.41 Å². The third-order valence-electron chi connectivity index (χ3n) is 2.01. The Bertz CT molecular complexity index is 213. The van der Waals surface area contributed by atoms with Gasteiger partial charge in [-0.1, -0.05) is 0 Å². The first-order valence-electron chi connectivity index (χ1n) is 4.02. The molecular formula is C8H12N2O2. The fraction of sp³-hybridized carbons (Fsp3) is 0.625. The minimum atomic E-state index is -0.152. The summed E-state index contributed by atoms with van der Waals surface area (Å²) < 4.78 is 0. The van der Waals surface area contributed by atoms with Gasteiger partial charge in [-0.2, -0.15) is 0 Å². The van der Waals surface area contributed by atoms with E-state index in [1.54, 1.807) is 0 Å². The van der Waals surface area contributed by atoms with E-state index in [0.717, 1.165) is 12.6 Å². The number of hydrogen-bond donors (Lipinski definition) is 2. The highest BCUT2D eigenvalue weighted by Gasteiger charge is 2.24. The van der Waals surface area contributed by atoms with Crippen LogP contribution in [0.4, 0.5) is 0 Å². The fourth-order valence-electron chi connectivity index (χ4n) is 1.33. The number of Topliss-reactive ketones (excluding diaryl/α,β-unsaturated/α-hetero) is 1. The van der Waals surface area contributed by atoms with Crippen LogP contribution in [0.15, 0.2) is 0 Å². The van der Waals surface area contributed by atoms with Crippen molar-refractivity contribution in [3.8, 4) is 0 Å². The van der Waals surface area contributed by atoms with E-state index in [1.165, 1.54) is 0 Å². The van der Waals surface area contributed by atoms with E-state index in [1.807, 2.05) is 0 Å². The standard InChI is InChI=1S/C8H12N2O2/c9-3-1-7(11)6-2-4-10-8(12)5-6/h3,6,9H,1-2,4-5H2,(H,10,12). The van der Waals surface area contributed by atoms with Gasteiger partial charge in [-0.25, -0.2) is 0 Å². The number of amides is 1. The molecule has 1 aliphatic rings. The van der Waals surface area contributed by atoms with Crippen LogP contribution in [-0.2, 0) is 9.59 Å². The van der Waals surface area contributed by atoms with Gasteiger partial charge in [0.2, 0.25) is 5.91 Å². The summed E-state index contributed by atoms with van der Waals surface area (Å²) in [4.78, 5) is 22.1. The SMILES string of the molecule is N=CCC(=O)C1CCNC(=O)C1. The van der Waals surface area contributed by atoms with Crippen molar-refractivity contribution < 1.29 is 9.59 Å². The molecule has 1 unspecified atom stereocenters. The summed E-state index contributed by atoms with van der Waals surface area (Å²) in [5.41, 5.74) is 0. The first-order valence-corrected chi connectivity index (χ1v) is 4.02. The maximum absolute atomic E-state index is 11.2. The van der Waals surface area contributed by atoms with E-state index < -0.39 is 0 Å². The van der Waals surface area contributed by atoms with Gasteiger partial charge in [0, 0.05) is 31.5 Å². The minimum absolute atomic E-state index is 0.0138. The van der Waals surface area contributed by atoms with Crippen LogP contribution in [0, 0.1) is 11.3 Å². The van der Waals surface area contributed by atoms with Gasteiger partial charge in [-0.05, 0) is 6.42 Å². The quantitative estimate of drug-likeness (QED) is 0.588. The van der Waals surface area contributed by atoms with E-state index in [9.17, 15) is 9.59 Å². The number of ketones is 1. The molecule has 0 aromatic heterocycles. The molecule has 0 bridgehead atoms. The normalized spacial score (nSPS) is 23.0. The van der Waals surface area contributed by atoms with E-state index in [4.69, 9.17) is 5.41 Å². The zero-order valence-corrected chi connectivity index (χ0v) is 6.80. The van der Waals surface area contributed by atoms with Crippen LogP contribution < -0.4 is 5.32 Å². The van der Waals surface area contributed by atoms with E-state index in [0.29, 0.717) is 13.0 Å². The summed E-state index contributed by atoms with van der Waals surface area (Å²) in [7, 11) is 0. The van der Waals surface area contributed by atoms with Crippen molar-refractivity contribution in [2.24, 2.45) is 5.92 Å². The largest absolute Gasteiger partial charge is 0.356 e. The maximum Gasteiger partial charge on any atom is 0.220 e. The molecule has 1 atom stereocenters. The molecule has 1 saturated heterocycles. The monoisotopic (exact) mass is 168 g/mol. The molecule has 0 spiro atoms. The van der Waals surface area contributed by atoms with Gasteiger partial charge in [-0.15, -0.1) is 0 Å². The lowest BCUT2D eigenvalue weighted by Crippen LogP contribution is -2.36. The predicted molar refractivity (Wildman–Crippen MR) is 44.1 cm³/mol. The molecule has 0 aromatic rings. The summed E-state index contributed by atoms with van der Waals surface area (Å²) in [6, 6.07) is 0. The van der Waals surface area contributed by atoms with Gasteiger partial charge in [0.05, 0.1) is 0 Å². The first kappa shape index (κ1) is 8.90. The molecule has 0 aromatic carbocycles. The summed E-state index contributed by atoms with van der Waals surface area (Å²) in [5.74, 6) is -0.190. The lowest BCUT2D eigenvalue weighted by Gasteiger charge is -2.19. The van der Waals surface area contributed by atoms with Crippen molar-refractivity contribution in [3.05, 3.63) is 0 Å². The van der Waals surface area contributed by atoms with Crippen molar-refractivity contribution in [3.63, 3.8) is 0 Å². The van der Waals surface area contributed by atoms with Gasteiger partial charge in [0.15, 0.2) is 0 Å². The lowest BCUT2D eigenvalue weighted by atomic mass is 9.92. The maximum atomic E-state index is 11.2. The van der Waals surface area contributed by atoms with Crippen LogP contribution in [-0.4, -0.2) is 24.4 Å². The fourth-order valence-corrected chi connectivity index (χ4v) is 1.33. The highest BCUT2D eigenvalue weighted by molar-refractivity contribution is 5.95. The Kier molecular flexibility index (Phi) is 2.96. The third kappa shape index (κ3) is 2.15. The summed E-state index contributed by atoms with van der Waals surface area (Å²) >= 11 is 0. The number of hydrogen-bond acceptors (Lipinski definition) is 3. The molecular weight excluding hydrogens is 156 g/mol. The van der Waals surface area contributed by atoms with Crippen LogP contribution in [0.3, 0.4) is 0 Å². The Morgan fingerprint density at radius 1 is 1.75 bits per heavy atom. The Hall–Kier alpha value is -1.19. The molecule has 0 radical (unpaired) electrons. The number of carbonyl (C=O) groups is 2. The predicted octanol–water partition coefficient (Wildman–Crippen LogP) is 0.121. The Morgan fingerprint density at radius 3 is 3.08 bits per heavy atom. The molecule has 0 saturated carbocycles. The number of piperidine rings is 1. The molecule has 12 heavy (non-hydrogen) atoms. The van der Waals surface area contributed by atoms with Crippen LogP contribution in [0.5, 0.6) is 0 Å². The van der Waals surface area contributed by atoms with Gasteiger partial charge >= 0.3 is 0 Å². The molecule has 1 aliphatic heterocycles. The Morgan fingerprint density at radius 2 is 2.50 bits per heavy atom. The molecule has 0 aliphatic carbocycles. The average molecular weight is 168 g/mol. The van der Waals surface area contributed by atoms with Gasteiger partial charge in [-0.3, -0.25) is 9.59 Å². The van der Waals surface area contributed by atoms with Crippen molar-refractivity contribution in [2.45, 2.75) is 19.3 Å². The second kappa shape index (κ2) is 3.99. The van der Waals surface area contributed by atoms with Gasteiger partial charge in [0.1, 0.15) is 5.78 Å². The van der Waals surface area contributed by atoms with Crippen LogP contribution in [0.2, 0.25) is 0 Å². The van der Waals surface area contributed by atoms with Crippen molar-refractivity contribution in [1.82, 2.24) is 5.32 Å². The molecule has 4 nitrogen and oxygen atoms in total. The van der Waals surface area contributed by atoms with E-state index in [-0.39, 0.29) is 24.0 Å². The zero-order chi connectivity index (χ0) is 8.97. The molecule has 1 rings (SSSR count). The topological polar surface area (TPSA) is 70.0 Å². The van der Waals surface area contributed by atoms with Crippen molar-refractivity contribution in [2.75, 3.05) is 6.54 Å². The first-order chi connectivity index (χ1) is 5.74. The van der Waals surface area contributed by atoms with Crippen LogP contribution in [0.1, 0.15) is 19.3 Å². The molecule has 1 fully saturated rings. The lowest BCUT2D eigenvalue weighted by molar-refractivity contribution is -0.130. The van der Waals surface area contributed by atoms with Crippen molar-refractivity contribution >= 4 is 17.9 Å². The van der Waals surface area contributed by atoms with E-state index in [2.05, 4.69) is 5.32 Å². The molecule has 1 amide bonds. The highest BCUT2D eigenvalue weighted by atomic mass is 16.2. The summed E-state index contributed by atoms with van der Waals surface area (Å²) in [6.45, 7) is 0.591. The minimum Gasteiger partial charge on any atom is -0.356 e. The summed E-state index contributed by atoms with van der Waals surface area (Å²) in [6.07, 6.45) is 2.28. The number of rotatable bonds is 3. The second-order valence-corrected chi connectivity index (χ2v) is 2.91. The smallest absolute Gasteiger partial charge is 0.220 e. The molecule has 1 heterocycles. The van der Waals surface area contributed by atoms with Gasteiger partial charge < -0.3 is 10.7 Å². The highest BCUT2D eigenvalue weighted by Crippen LogP contribution is 2.14. The van der Waals surface area contributed by atoms with Gasteiger partial charge in [0.25, 0.3) is 0 Å². The average Bonchev–Trinajstić information content (AvgIpc) is 2.05.